The molecule has 4 nitrogen and oxygen atoms in total. The number of rotatable bonds is 8. The first-order valence-electron chi connectivity index (χ1n) is 7.70. The highest BCUT2D eigenvalue weighted by Gasteiger charge is 2.12. The number of hydrogen-bond donors (Lipinski definition) is 2. The molecule has 0 radical (unpaired) electrons. The molecule has 0 bridgehead atoms. The zero-order valence-electron chi connectivity index (χ0n) is 13.8. The average molecular weight is 292 g/mol. The van der Waals surface area contributed by atoms with E-state index in [-0.39, 0.29) is 18.0 Å². The maximum Gasteiger partial charge on any atom is 0.223 e. The van der Waals surface area contributed by atoms with Crippen molar-refractivity contribution in [3.05, 3.63) is 29.3 Å². The van der Waals surface area contributed by atoms with Gasteiger partial charge >= 0.3 is 0 Å². The molecule has 1 atom stereocenters. The fraction of sp³-hybridized carbons (Fsp3) is 0.588. The molecule has 0 aromatic heterocycles. The van der Waals surface area contributed by atoms with Gasteiger partial charge in [-0.05, 0) is 40.3 Å². The van der Waals surface area contributed by atoms with E-state index in [0.717, 1.165) is 17.9 Å². The Balaban J connectivity index is 2.64. The normalized spacial score (nSPS) is 12.3. The minimum atomic E-state index is 0.0263. The van der Waals surface area contributed by atoms with Gasteiger partial charge in [0.1, 0.15) is 5.75 Å². The zero-order valence-corrected chi connectivity index (χ0v) is 13.8. The Bertz CT molecular complexity index is 458. The van der Waals surface area contributed by atoms with Crippen molar-refractivity contribution in [3.63, 3.8) is 0 Å². The van der Waals surface area contributed by atoms with Crippen LogP contribution in [0.2, 0.25) is 0 Å². The van der Waals surface area contributed by atoms with E-state index in [0.29, 0.717) is 13.0 Å². The van der Waals surface area contributed by atoms with Crippen LogP contribution in [-0.2, 0) is 4.79 Å². The Kier molecular flexibility index (Phi) is 7.23. The van der Waals surface area contributed by atoms with Crippen LogP contribution in [0.1, 0.15) is 51.3 Å². The molecule has 0 heterocycles. The minimum Gasteiger partial charge on any atom is -0.493 e. The molecule has 0 spiro atoms. The Morgan fingerprint density at radius 2 is 2.00 bits per heavy atom. The third kappa shape index (κ3) is 6.17. The van der Waals surface area contributed by atoms with Crippen molar-refractivity contribution in [2.75, 3.05) is 13.2 Å². The molecule has 1 unspecified atom stereocenters. The lowest BCUT2D eigenvalue weighted by Gasteiger charge is -2.18. The van der Waals surface area contributed by atoms with Crippen molar-refractivity contribution in [3.8, 4) is 5.75 Å². The first-order valence-corrected chi connectivity index (χ1v) is 7.70. The summed E-state index contributed by atoms with van der Waals surface area (Å²) < 4.78 is 5.81. The van der Waals surface area contributed by atoms with E-state index in [1.165, 1.54) is 5.56 Å². The van der Waals surface area contributed by atoms with Crippen LogP contribution in [0.3, 0.4) is 0 Å². The topological polar surface area (TPSA) is 50.4 Å². The van der Waals surface area contributed by atoms with E-state index in [1.54, 1.807) is 0 Å². The molecule has 0 fully saturated rings. The minimum absolute atomic E-state index is 0.0263. The van der Waals surface area contributed by atoms with Crippen LogP contribution in [0, 0.1) is 6.92 Å². The van der Waals surface area contributed by atoms with E-state index in [2.05, 4.69) is 37.5 Å². The van der Waals surface area contributed by atoms with Crippen LogP contribution >= 0.6 is 0 Å². The fourth-order valence-corrected chi connectivity index (χ4v) is 2.20. The highest BCUT2D eigenvalue weighted by Crippen LogP contribution is 2.26. The van der Waals surface area contributed by atoms with Crippen molar-refractivity contribution in [2.45, 2.75) is 53.1 Å². The smallest absolute Gasteiger partial charge is 0.223 e. The van der Waals surface area contributed by atoms with Crippen molar-refractivity contribution in [1.29, 1.82) is 0 Å². The SMILES string of the molecule is CCNC(C)c1cc(C)ccc1OCCC(=O)NC(C)C. The first kappa shape index (κ1) is 17.5. The standard InChI is InChI=1S/C17H28N2O2/c1-6-18-14(5)15-11-13(4)7-8-16(15)21-10-9-17(20)19-12(2)3/h7-8,11-12,14,18H,6,9-10H2,1-5H3,(H,19,20). The van der Waals surface area contributed by atoms with Gasteiger partial charge in [-0.3, -0.25) is 4.79 Å². The summed E-state index contributed by atoms with van der Waals surface area (Å²) in [6.45, 7) is 11.5. The summed E-state index contributed by atoms with van der Waals surface area (Å²) in [7, 11) is 0. The number of carbonyl (C=O) groups is 1. The van der Waals surface area contributed by atoms with E-state index in [9.17, 15) is 4.79 Å². The van der Waals surface area contributed by atoms with Gasteiger partial charge < -0.3 is 15.4 Å². The molecule has 118 valence electrons. The molecular formula is C17H28N2O2. The second-order valence-electron chi connectivity index (χ2n) is 5.64. The largest absolute Gasteiger partial charge is 0.493 e. The third-order valence-corrected chi connectivity index (χ3v) is 3.18. The fourth-order valence-electron chi connectivity index (χ4n) is 2.20. The monoisotopic (exact) mass is 292 g/mol. The molecule has 1 aromatic rings. The lowest BCUT2D eigenvalue weighted by Crippen LogP contribution is -2.31. The van der Waals surface area contributed by atoms with Gasteiger partial charge in [0.15, 0.2) is 0 Å². The average Bonchev–Trinajstić information content (AvgIpc) is 2.39. The molecule has 1 aromatic carbocycles. The second-order valence-corrected chi connectivity index (χ2v) is 5.64. The maximum atomic E-state index is 11.6. The van der Waals surface area contributed by atoms with Crippen molar-refractivity contribution in [1.82, 2.24) is 10.6 Å². The molecule has 0 saturated heterocycles. The molecule has 2 N–H and O–H groups in total. The number of amides is 1. The predicted octanol–water partition coefficient (Wildman–Crippen LogP) is 2.96. The summed E-state index contributed by atoms with van der Waals surface area (Å²) >= 11 is 0. The lowest BCUT2D eigenvalue weighted by atomic mass is 10.0. The summed E-state index contributed by atoms with van der Waals surface area (Å²) in [6.07, 6.45) is 0.376. The predicted molar refractivity (Wildman–Crippen MR) is 86.7 cm³/mol. The highest BCUT2D eigenvalue weighted by atomic mass is 16.5. The van der Waals surface area contributed by atoms with Crippen molar-refractivity contribution in [2.24, 2.45) is 0 Å². The first-order chi connectivity index (χ1) is 9.93. The summed E-state index contributed by atoms with van der Waals surface area (Å²) in [4.78, 5) is 11.6. The van der Waals surface area contributed by atoms with Gasteiger partial charge in [0.2, 0.25) is 5.91 Å². The third-order valence-electron chi connectivity index (χ3n) is 3.18. The quantitative estimate of drug-likeness (QED) is 0.774. The van der Waals surface area contributed by atoms with Crippen molar-refractivity contribution >= 4 is 5.91 Å². The number of aryl methyl sites for hydroxylation is 1. The molecule has 21 heavy (non-hydrogen) atoms. The summed E-state index contributed by atoms with van der Waals surface area (Å²) in [5.41, 5.74) is 2.35. The molecule has 1 rings (SSSR count). The summed E-state index contributed by atoms with van der Waals surface area (Å²) in [5, 5.41) is 6.26. The Hall–Kier alpha value is -1.55. The van der Waals surface area contributed by atoms with Gasteiger partial charge in [0.05, 0.1) is 13.0 Å². The van der Waals surface area contributed by atoms with Gasteiger partial charge in [-0.25, -0.2) is 0 Å². The van der Waals surface area contributed by atoms with Crippen LogP contribution < -0.4 is 15.4 Å². The number of carbonyl (C=O) groups excluding carboxylic acids is 1. The van der Waals surface area contributed by atoms with Crippen LogP contribution in [0.4, 0.5) is 0 Å². The number of hydrogen-bond acceptors (Lipinski definition) is 3. The van der Waals surface area contributed by atoms with Crippen molar-refractivity contribution < 1.29 is 9.53 Å². The van der Waals surface area contributed by atoms with E-state index in [1.807, 2.05) is 26.0 Å². The number of benzene rings is 1. The van der Waals surface area contributed by atoms with Gasteiger partial charge in [-0.1, -0.05) is 24.6 Å². The van der Waals surface area contributed by atoms with E-state index >= 15 is 0 Å². The highest BCUT2D eigenvalue weighted by molar-refractivity contribution is 5.76. The van der Waals surface area contributed by atoms with Gasteiger partial charge in [0.25, 0.3) is 0 Å². The molecule has 0 aliphatic rings. The summed E-state index contributed by atoms with van der Waals surface area (Å²) in [5.74, 6) is 0.879. The second kappa shape index (κ2) is 8.67. The van der Waals surface area contributed by atoms with Gasteiger partial charge in [-0.2, -0.15) is 0 Å². The van der Waals surface area contributed by atoms with Crippen LogP contribution in [-0.4, -0.2) is 25.1 Å². The molecular weight excluding hydrogens is 264 g/mol. The van der Waals surface area contributed by atoms with E-state index < -0.39 is 0 Å². The van der Waals surface area contributed by atoms with Gasteiger partial charge in [-0.15, -0.1) is 0 Å². The number of ether oxygens (including phenoxy) is 1. The Labute approximate surface area is 128 Å². The lowest BCUT2D eigenvalue weighted by molar-refractivity contribution is -0.122. The summed E-state index contributed by atoms with van der Waals surface area (Å²) in [6, 6.07) is 6.55. The molecule has 1 amide bonds. The van der Waals surface area contributed by atoms with E-state index in [4.69, 9.17) is 4.74 Å². The maximum absolute atomic E-state index is 11.6. The molecule has 4 heteroatoms. The van der Waals surface area contributed by atoms with Gasteiger partial charge in [0, 0.05) is 17.6 Å². The molecule has 0 aliphatic carbocycles. The molecule has 0 aliphatic heterocycles. The van der Waals surface area contributed by atoms with Crippen LogP contribution in [0.5, 0.6) is 5.75 Å². The zero-order chi connectivity index (χ0) is 15.8. The van der Waals surface area contributed by atoms with Crippen LogP contribution in [0.15, 0.2) is 18.2 Å². The molecule has 0 saturated carbocycles. The number of nitrogens with one attached hydrogen (secondary N) is 2. The van der Waals surface area contributed by atoms with Crippen LogP contribution in [0.25, 0.3) is 0 Å². The Morgan fingerprint density at radius 3 is 2.62 bits per heavy atom. The Morgan fingerprint density at radius 1 is 1.29 bits per heavy atom.